The topological polar surface area (TPSA) is 9.23 Å². The number of rotatable bonds is 5. The van der Waals surface area contributed by atoms with Crippen LogP contribution >= 0.6 is 0 Å². The van der Waals surface area contributed by atoms with Crippen LogP contribution in [0.15, 0.2) is 41.3 Å². The lowest BCUT2D eigenvalue weighted by Crippen LogP contribution is -2.19. The summed E-state index contributed by atoms with van der Waals surface area (Å²) in [5.74, 6) is 7.19. The van der Waals surface area contributed by atoms with Gasteiger partial charge in [0, 0.05) is 34.7 Å². The van der Waals surface area contributed by atoms with Crippen LogP contribution in [-0.4, -0.2) is 18.1 Å². The van der Waals surface area contributed by atoms with E-state index in [2.05, 4.69) is 43.3 Å². The van der Waals surface area contributed by atoms with Crippen LogP contribution in [0.4, 0.5) is 0 Å². The molecule has 2 aliphatic carbocycles. The molecule has 3 fully saturated rings. The van der Waals surface area contributed by atoms with Crippen LogP contribution < -0.4 is 0 Å². The summed E-state index contributed by atoms with van der Waals surface area (Å²) >= 11 is 0. The Labute approximate surface area is 154 Å². The molecule has 2 aromatic rings. The zero-order valence-corrected chi connectivity index (χ0v) is 16.1. The van der Waals surface area contributed by atoms with E-state index in [-0.39, 0.29) is 0 Å². The fraction of sp³-hybridized carbons (Fsp3) is 0.565. The molecule has 0 amide bonds. The molecule has 0 spiro atoms. The summed E-state index contributed by atoms with van der Waals surface area (Å²) in [5, 5.41) is 2.92. The maximum absolute atomic E-state index is 5.84. The highest BCUT2D eigenvalue weighted by atomic mass is 32.2. The summed E-state index contributed by atoms with van der Waals surface area (Å²) < 4.78 is 5.84. The van der Waals surface area contributed by atoms with Gasteiger partial charge in [-0.15, -0.1) is 0 Å². The fourth-order valence-electron chi connectivity index (χ4n) is 5.80. The van der Waals surface area contributed by atoms with Crippen LogP contribution in [-0.2, 0) is 22.2 Å². The molecule has 4 atom stereocenters. The zero-order valence-electron chi connectivity index (χ0n) is 15.2. The van der Waals surface area contributed by atoms with E-state index in [9.17, 15) is 0 Å². The van der Waals surface area contributed by atoms with Crippen LogP contribution in [0.25, 0.3) is 10.8 Å². The molecule has 0 aromatic heterocycles. The Balaban J connectivity index is 1.45. The van der Waals surface area contributed by atoms with Gasteiger partial charge in [-0.1, -0.05) is 31.2 Å². The first-order valence-corrected chi connectivity index (χ1v) is 11.7. The Bertz CT molecular complexity index is 752. The Morgan fingerprint density at radius 3 is 2.40 bits per heavy atom. The second-order valence-corrected chi connectivity index (χ2v) is 10.4. The van der Waals surface area contributed by atoms with E-state index in [0.29, 0.717) is 10.9 Å². The molecule has 5 rings (SSSR count). The summed E-state index contributed by atoms with van der Waals surface area (Å²) in [6.07, 6.45) is 5.69. The lowest BCUT2D eigenvalue weighted by Gasteiger charge is -2.19. The van der Waals surface area contributed by atoms with Gasteiger partial charge in [0.2, 0.25) is 0 Å². The Hall–Kier alpha value is -0.990. The van der Waals surface area contributed by atoms with Crippen LogP contribution in [0.5, 0.6) is 0 Å². The van der Waals surface area contributed by atoms with E-state index in [1.165, 1.54) is 40.7 Å². The lowest BCUT2D eigenvalue weighted by atomic mass is 9.82. The molecule has 2 bridgehead atoms. The molecule has 0 N–H and O–H groups in total. The van der Waals surface area contributed by atoms with Crippen molar-refractivity contribution in [1.29, 1.82) is 0 Å². The van der Waals surface area contributed by atoms with Crippen molar-refractivity contribution in [3.05, 3.63) is 42.0 Å². The minimum absolute atomic E-state index is 0.468. The van der Waals surface area contributed by atoms with Gasteiger partial charge in [0.25, 0.3) is 0 Å². The molecule has 0 radical (unpaired) electrons. The molecule has 1 aliphatic heterocycles. The lowest BCUT2D eigenvalue weighted by molar-refractivity contribution is 0.122. The smallest absolute Gasteiger partial charge is 0.162 e. The van der Waals surface area contributed by atoms with Gasteiger partial charge >= 0.3 is 0 Å². The van der Waals surface area contributed by atoms with Crippen molar-refractivity contribution in [2.75, 3.05) is 18.1 Å². The molecule has 3 aliphatic rings. The SMILES string of the molecule is CCCOCc1ccc([S+]2CC3C4CCC(C4)C3C2)c2ccccc12. The number of ether oxygens (including phenoxy) is 1. The molecule has 132 valence electrons. The third-order valence-corrected chi connectivity index (χ3v) is 9.51. The van der Waals surface area contributed by atoms with E-state index in [1.807, 2.05) is 0 Å². The average Bonchev–Trinajstić information content (AvgIpc) is 3.35. The summed E-state index contributed by atoms with van der Waals surface area (Å²) in [6.45, 7) is 3.77. The summed E-state index contributed by atoms with van der Waals surface area (Å²) in [6, 6.07) is 13.8. The number of hydrogen-bond donors (Lipinski definition) is 0. The predicted molar refractivity (Wildman–Crippen MR) is 107 cm³/mol. The van der Waals surface area contributed by atoms with Gasteiger partial charge in [-0.25, -0.2) is 0 Å². The fourth-order valence-corrected chi connectivity index (χ4v) is 9.01. The first kappa shape index (κ1) is 16.2. The van der Waals surface area contributed by atoms with Crippen LogP contribution in [0.2, 0.25) is 0 Å². The maximum Gasteiger partial charge on any atom is 0.162 e. The van der Waals surface area contributed by atoms with Crippen molar-refractivity contribution in [2.24, 2.45) is 23.7 Å². The van der Waals surface area contributed by atoms with E-state index < -0.39 is 0 Å². The largest absolute Gasteiger partial charge is 0.377 e. The van der Waals surface area contributed by atoms with Crippen molar-refractivity contribution in [3.63, 3.8) is 0 Å². The minimum atomic E-state index is 0.468. The molecule has 1 saturated heterocycles. The molecular formula is C23H29OS+. The predicted octanol–water partition coefficient (Wildman–Crippen LogP) is 5.42. The minimum Gasteiger partial charge on any atom is -0.377 e. The Morgan fingerprint density at radius 1 is 0.960 bits per heavy atom. The monoisotopic (exact) mass is 353 g/mol. The quantitative estimate of drug-likeness (QED) is 0.515. The standard InChI is InChI=1S/C23H29OS/c1-2-11-24-13-18-9-10-23(20-6-4-3-5-19(18)20)25-14-21-16-7-8-17(12-16)22(21)15-25/h3-6,9-10,16-17,21-22H,2,7-8,11-15H2,1H3/q+1. The third kappa shape index (κ3) is 2.73. The molecular weight excluding hydrogens is 324 g/mol. The van der Waals surface area contributed by atoms with Gasteiger partial charge < -0.3 is 4.74 Å². The van der Waals surface area contributed by atoms with Crippen LogP contribution in [0.1, 0.15) is 38.2 Å². The van der Waals surface area contributed by atoms with Crippen molar-refractivity contribution in [1.82, 2.24) is 0 Å². The zero-order chi connectivity index (χ0) is 16.8. The molecule has 25 heavy (non-hydrogen) atoms. The molecule has 1 heterocycles. The highest BCUT2D eigenvalue weighted by molar-refractivity contribution is 7.97. The van der Waals surface area contributed by atoms with Gasteiger partial charge in [0.1, 0.15) is 11.5 Å². The van der Waals surface area contributed by atoms with E-state index in [1.54, 1.807) is 11.3 Å². The van der Waals surface area contributed by atoms with Crippen LogP contribution in [0, 0.1) is 23.7 Å². The second-order valence-electron chi connectivity index (χ2n) is 8.31. The van der Waals surface area contributed by atoms with Gasteiger partial charge in [0.15, 0.2) is 4.90 Å². The van der Waals surface area contributed by atoms with E-state index in [0.717, 1.165) is 43.3 Å². The third-order valence-electron chi connectivity index (χ3n) is 6.95. The second kappa shape index (κ2) is 6.63. The van der Waals surface area contributed by atoms with Crippen molar-refractivity contribution in [2.45, 2.75) is 44.1 Å². The van der Waals surface area contributed by atoms with Gasteiger partial charge in [-0.3, -0.25) is 0 Å². The molecule has 4 unspecified atom stereocenters. The first-order valence-electron chi connectivity index (χ1n) is 10.1. The molecule has 2 heteroatoms. The summed E-state index contributed by atoms with van der Waals surface area (Å²) in [5.41, 5.74) is 1.36. The summed E-state index contributed by atoms with van der Waals surface area (Å²) in [4.78, 5) is 1.64. The normalized spacial score (nSPS) is 33.2. The number of hydrogen-bond acceptors (Lipinski definition) is 1. The van der Waals surface area contributed by atoms with Gasteiger partial charge in [-0.05, 0) is 60.6 Å². The highest BCUT2D eigenvalue weighted by Crippen LogP contribution is 2.57. The van der Waals surface area contributed by atoms with Crippen molar-refractivity contribution < 1.29 is 4.74 Å². The Morgan fingerprint density at radius 2 is 1.68 bits per heavy atom. The molecule has 1 nitrogen and oxygen atoms in total. The number of benzene rings is 2. The average molecular weight is 354 g/mol. The maximum atomic E-state index is 5.84. The highest BCUT2D eigenvalue weighted by Gasteiger charge is 2.56. The van der Waals surface area contributed by atoms with Crippen molar-refractivity contribution in [3.8, 4) is 0 Å². The molecule has 2 saturated carbocycles. The van der Waals surface area contributed by atoms with Crippen LogP contribution in [0.3, 0.4) is 0 Å². The van der Waals surface area contributed by atoms with Gasteiger partial charge in [0.05, 0.1) is 6.61 Å². The Kier molecular flexibility index (Phi) is 4.30. The molecule has 2 aromatic carbocycles. The van der Waals surface area contributed by atoms with Gasteiger partial charge in [-0.2, -0.15) is 0 Å². The summed E-state index contributed by atoms with van der Waals surface area (Å²) in [7, 11) is 0.468. The van der Waals surface area contributed by atoms with Crippen molar-refractivity contribution >= 4 is 21.7 Å². The first-order chi connectivity index (χ1) is 12.3. The number of fused-ring (bicyclic) bond motifs is 6. The van der Waals surface area contributed by atoms with E-state index in [4.69, 9.17) is 4.74 Å². The van der Waals surface area contributed by atoms with E-state index >= 15 is 0 Å².